The van der Waals surface area contributed by atoms with Crippen LogP contribution >= 0.6 is 11.6 Å². The molecule has 1 aliphatic heterocycles. The van der Waals surface area contributed by atoms with Crippen molar-refractivity contribution in [3.8, 4) is 0 Å². The summed E-state index contributed by atoms with van der Waals surface area (Å²) >= 11 is 6.65. The van der Waals surface area contributed by atoms with Gasteiger partial charge in [0.15, 0.2) is 0 Å². The molecule has 0 amide bonds. The quantitative estimate of drug-likeness (QED) is 0.819. The van der Waals surface area contributed by atoms with Gasteiger partial charge in [0.05, 0.1) is 28.9 Å². The maximum atomic E-state index is 6.65. The Hall–Kier alpha value is -1.16. The van der Waals surface area contributed by atoms with Crippen LogP contribution in [0.5, 0.6) is 0 Å². The Morgan fingerprint density at radius 3 is 3.00 bits per heavy atom. The summed E-state index contributed by atoms with van der Waals surface area (Å²) in [7, 11) is 0. The number of aryl methyl sites for hydroxylation is 1. The van der Waals surface area contributed by atoms with Crippen molar-refractivity contribution in [3.63, 3.8) is 0 Å². The Labute approximate surface area is 142 Å². The van der Waals surface area contributed by atoms with Gasteiger partial charge < -0.3 is 4.74 Å². The Morgan fingerprint density at radius 1 is 1.26 bits per heavy atom. The van der Waals surface area contributed by atoms with Crippen molar-refractivity contribution < 1.29 is 4.74 Å². The van der Waals surface area contributed by atoms with Gasteiger partial charge in [-0.1, -0.05) is 42.6 Å². The maximum Gasteiger partial charge on any atom is 0.0740 e. The Bertz CT molecular complexity index is 716. The summed E-state index contributed by atoms with van der Waals surface area (Å²) < 4.78 is 5.98. The molecule has 2 aromatic rings. The number of morpholine rings is 1. The van der Waals surface area contributed by atoms with E-state index in [4.69, 9.17) is 21.3 Å². The zero-order valence-corrected chi connectivity index (χ0v) is 14.4. The van der Waals surface area contributed by atoms with Crippen LogP contribution in [0, 0.1) is 6.92 Å². The maximum absolute atomic E-state index is 6.65. The number of fused-ring (bicyclic) bond motifs is 2. The van der Waals surface area contributed by atoms with Crippen LogP contribution < -0.4 is 0 Å². The van der Waals surface area contributed by atoms with Gasteiger partial charge in [0, 0.05) is 24.5 Å². The fraction of sp³-hybridized carbons (Fsp3) is 0.526. The SMILES string of the molecule is Cc1c(Cl)c(CN2CCO[C@@H]3CCCC[C@@H]32)nc2ccccc12. The van der Waals surface area contributed by atoms with Crippen molar-refractivity contribution in [2.24, 2.45) is 0 Å². The second kappa shape index (κ2) is 6.39. The summed E-state index contributed by atoms with van der Waals surface area (Å²) in [5.41, 5.74) is 3.19. The molecule has 1 saturated carbocycles. The van der Waals surface area contributed by atoms with E-state index in [-0.39, 0.29) is 0 Å². The molecule has 0 unspecified atom stereocenters. The van der Waals surface area contributed by atoms with E-state index in [0.717, 1.165) is 46.9 Å². The number of aromatic nitrogens is 1. The first-order valence-corrected chi connectivity index (χ1v) is 9.01. The molecule has 4 rings (SSSR count). The number of para-hydroxylation sites is 1. The first-order valence-electron chi connectivity index (χ1n) is 8.63. The smallest absolute Gasteiger partial charge is 0.0740 e. The Kier molecular flexibility index (Phi) is 4.27. The summed E-state index contributed by atoms with van der Waals surface area (Å²) in [5, 5.41) is 1.97. The van der Waals surface area contributed by atoms with E-state index < -0.39 is 0 Å². The summed E-state index contributed by atoms with van der Waals surface area (Å²) in [4.78, 5) is 7.39. The average Bonchev–Trinajstić information content (AvgIpc) is 2.60. The normalized spacial score (nSPS) is 25.5. The fourth-order valence-electron chi connectivity index (χ4n) is 4.09. The molecule has 2 aliphatic rings. The number of hydrogen-bond donors (Lipinski definition) is 0. The van der Waals surface area contributed by atoms with Crippen LogP contribution in [-0.4, -0.2) is 35.2 Å². The molecule has 1 saturated heterocycles. The monoisotopic (exact) mass is 330 g/mol. The highest BCUT2D eigenvalue weighted by Crippen LogP contribution is 2.32. The molecule has 0 spiro atoms. The van der Waals surface area contributed by atoms with Crippen molar-refractivity contribution in [1.29, 1.82) is 0 Å². The van der Waals surface area contributed by atoms with Gasteiger partial charge in [-0.2, -0.15) is 0 Å². The summed E-state index contributed by atoms with van der Waals surface area (Å²) in [5.74, 6) is 0. The van der Waals surface area contributed by atoms with Gasteiger partial charge >= 0.3 is 0 Å². The van der Waals surface area contributed by atoms with Crippen LogP contribution in [0.1, 0.15) is 36.9 Å². The van der Waals surface area contributed by atoms with E-state index >= 15 is 0 Å². The third-order valence-corrected chi connectivity index (χ3v) is 5.85. The summed E-state index contributed by atoms with van der Waals surface area (Å²) in [6.45, 7) is 4.73. The summed E-state index contributed by atoms with van der Waals surface area (Å²) in [6.07, 6.45) is 5.42. The minimum absolute atomic E-state index is 0.401. The molecule has 2 atom stereocenters. The lowest BCUT2D eigenvalue weighted by Gasteiger charge is -2.43. The van der Waals surface area contributed by atoms with Crippen molar-refractivity contribution >= 4 is 22.5 Å². The van der Waals surface area contributed by atoms with Gasteiger partial charge in [-0.15, -0.1) is 0 Å². The van der Waals surface area contributed by atoms with Crippen LogP contribution in [0.15, 0.2) is 24.3 Å². The molecule has 1 aromatic carbocycles. The number of benzene rings is 1. The van der Waals surface area contributed by atoms with Gasteiger partial charge in [0.25, 0.3) is 0 Å². The molecule has 0 radical (unpaired) electrons. The predicted molar refractivity (Wildman–Crippen MR) is 93.9 cm³/mol. The number of hydrogen-bond acceptors (Lipinski definition) is 3. The largest absolute Gasteiger partial charge is 0.375 e. The van der Waals surface area contributed by atoms with Gasteiger partial charge in [0.1, 0.15) is 0 Å². The molecule has 2 fully saturated rings. The topological polar surface area (TPSA) is 25.4 Å². The molecule has 122 valence electrons. The van der Waals surface area contributed by atoms with Crippen LogP contribution in [0.3, 0.4) is 0 Å². The standard InChI is InChI=1S/C19H23ClN2O/c1-13-14-6-2-3-7-15(14)21-16(19(13)20)12-22-10-11-23-18-9-5-4-8-17(18)22/h2-3,6-7,17-18H,4-5,8-12H2,1H3/t17-,18+/m0/s1. The molecule has 0 bridgehead atoms. The Balaban J connectivity index is 1.65. The third-order valence-electron chi connectivity index (χ3n) is 5.35. The molecule has 1 aromatic heterocycles. The summed E-state index contributed by atoms with van der Waals surface area (Å²) in [6, 6.07) is 8.78. The molecule has 4 heteroatoms. The van der Waals surface area contributed by atoms with Crippen LogP contribution in [0.4, 0.5) is 0 Å². The lowest BCUT2D eigenvalue weighted by Crippen LogP contribution is -2.52. The highest BCUT2D eigenvalue weighted by atomic mass is 35.5. The van der Waals surface area contributed by atoms with Gasteiger partial charge in [0.2, 0.25) is 0 Å². The van der Waals surface area contributed by atoms with Crippen molar-refractivity contribution in [3.05, 3.63) is 40.5 Å². The Morgan fingerprint density at radius 2 is 2.09 bits per heavy atom. The van der Waals surface area contributed by atoms with E-state index in [1.165, 1.54) is 25.7 Å². The molecular weight excluding hydrogens is 308 g/mol. The van der Waals surface area contributed by atoms with Crippen LogP contribution in [0.25, 0.3) is 10.9 Å². The van der Waals surface area contributed by atoms with E-state index in [2.05, 4.69) is 24.0 Å². The van der Waals surface area contributed by atoms with Crippen molar-refractivity contribution in [1.82, 2.24) is 9.88 Å². The predicted octanol–water partition coefficient (Wildman–Crippen LogP) is 4.34. The van der Waals surface area contributed by atoms with Crippen LogP contribution in [-0.2, 0) is 11.3 Å². The number of pyridine rings is 1. The lowest BCUT2D eigenvalue weighted by molar-refractivity contribution is -0.0914. The molecule has 2 heterocycles. The molecule has 0 N–H and O–H groups in total. The second-order valence-corrected chi connectivity index (χ2v) is 7.12. The highest BCUT2D eigenvalue weighted by Gasteiger charge is 2.34. The molecule has 3 nitrogen and oxygen atoms in total. The second-order valence-electron chi connectivity index (χ2n) is 6.75. The zero-order valence-electron chi connectivity index (χ0n) is 13.6. The van der Waals surface area contributed by atoms with E-state index in [1.807, 2.05) is 12.1 Å². The number of halogens is 1. The van der Waals surface area contributed by atoms with E-state index in [1.54, 1.807) is 0 Å². The third kappa shape index (κ3) is 2.86. The lowest BCUT2D eigenvalue weighted by atomic mass is 9.90. The molecule has 23 heavy (non-hydrogen) atoms. The first-order chi connectivity index (χ1) is 11.2. The van der Waals surface area contributed by atoms with Crippen molar-refractivity contribution in [2.75, 3.05) is 13.2 Å². The van der Waals surface area contributed by atoms with Crippen molar-refractivity contribution in [2.45, 2.75) is 51.3 Å². The number of rotatable bonds is 2. The average molecular weight is 331 g/mol. The van der Waals surface area contributed by atoms with Gasteiger partial charge in [-0.25, -0.2) is 4.98 Å². The number of ether oxygens (including phenoxy) is 1. The molecule has 1 aliphatic carbocycles. The zero-order chi connectivity index (χ0) is 15.8. The van der Waals surface area contributed by atoms with E-state index in [0.29, 0.717) is 12.1 Å². The highest BCUT2D eigenvalue weighted by molar-refractivity contribution is 6.32. The minimum atomic E-state index is 0.401. The molecular formula is C19H23ClN2O. The van der Waals surface area contributed by atoms with Gasteiger partial charge in [-0.3, -0.25) is 4.90 Å². The number of nitrogens with zero attached hydrogens (tertiary/aromatic N) is 2. The minimum Gasteiger partial charge on any atom is -0.375 e. The van der Waals surface area contributed by atoms with Crippen LogP contribution in [0.2, 0.25) is 5.02 Å². The van der Waals surface area contributed by atoms with E-state index in [9.17, 15) is 0 Å². The first kappa shape index (κ1) is 15.4. The van der Waals surface area contributed by atoms with Gasteiger partial charge in [-0.05, 0) is 31.4 Å². The fourth-order valence-corrected chi connectivity index (χ4v) is 4.29.